The Balaban J connectivity index is 1.82. The lowest BCUT2D eigenvalue weighted by Gasteiger charge is -2.08. The normalized spacial score (nSPS) is 11.5. The van der Waals surface area contributed by atoms with Crippen LogP contribution in [0.2, 0.25) is 5.02 Å². The van der Waals surface area contributed by atoms with E-state index in [0.717, 1.165) is 17.4 Å². The van der Waals surface area contributed by atoms with Gasteiger partial charge in [0.1, 0.15) is 0 Å². The summed E-state index contributed by atoms with van der Waals surface area (Å²) in [6.07, 6.45) is 0. The van der Waals surface area contributed by atoms with Crippen LogP contribution in [0.25, 0.3) is 0 Å². The highest BCUT2D eigenvalue weighted by Gasteiger charge is 2.16. The molecule has 0 saturated carbocycles. The van der Waals surface area contributed by atoms with Gasteiger partial charge in [0.15, 0.2) is 11.6 Å². The fourth-order valence-corrected chi connectivity index (χ4v) is 4.03. The standard InChI is InChI=1S/C16H17ClFNO3S2/c1-22-16-7-6-14(10-15(16)18)24(20,21)19-8-9-23-11-12-2-4-13(17)5-3-12/h2-7,10,19H,8-9,11H2,1H3. The fourth-order valence-electron chi connectivity index (χ4n) is 1.92. The molecule has 0 aromatic heterocycles. The van der Waals surface area contributed by atoms with E-state index in [1.165, 1.54) is 19.2 Å². The highest BCUT2D eigenvalue weighted by atomic mass is 35.5. The number of halogens is 2. The van der Waals surface area contributed by atoms with Crippen LogP contribution < -0.4 is 9.46 Å². The fraction of sp³-hybridized carbons (Fsp3) is 0.250. The molecule has 0 heterocycles. The first kappa shape index (κ1) is 19.1. The number of sulfonamides is 1. The third-order valence-corrected chi connectivity index (χ3v) is 5.89. The molecular weight excluding hydrogens is 373 g/mol. The number of nitrogens with one attached hydrogen (secondary N) is 1. The van der Waals surface area contributed by atoms with Crippen LogP contribution in [-0.2, 0) is 15.8 Å². The van der Waals surface area contributed by atoms with Crippen molar-refractivity contribution in [3.8, 4) is 5.75 Å². The van der Waals surface area contributed by atoms with E-state index in [2.05, 4.69) is 4.72 Å². The summed E-state index contributed by atoms with van der Waals surface area (Å²) in [6.45, 7) is 0.258. The van der Waals surface area contributed by atoms with Gasteiger partial charge in [-0.15, -0.1) is 0 Å². The molecule has 2 aromatic carbocycles. The maximum Gasteiger partial charge on any atom is 0.240 e. The van der Waals surface area contributed by atoms with Crippen LogP contribution in [-0.4, -0.2) is 27.8 Å². The zero-order chi connectivity index (χ0) is 17.6. The predicted molar refractivity (Wildman–Crippen MR) is 95.8 cm³/mol. The van der Waals surface area contributed by atoms with Crippen LogP contribution in [0.4, 0.5) is 4.39 Å². The largest absolute Gasteiger partial charge is 0.494 e. The third-order valence-electron chi connectivity index (χ3n) is 3.15. The molecule has 0 amide bonds. The summed E-state index contributed by atoms with van der Waals surface area (Å²) in [5.74, 6) is 0.654. The van der Waals surface area contributed by atoms with Crippen molar-refractivity contribution in [1.82, 2.24) is 4.72 Å². The van der Waals surface area contributed by atoms with Gasteiger partial charge in [-0.05, 0) is 35.9 Å². The molecule has 0 aliphatic heterocycles. The summed E-state index contributed by atoms with van der Waals surface area (Å²) < 4.78 is 45.1. The van der Waals surface area contributed by atoms with E-state index < -0.39 is 15.8 Å². The molecule has 0 atom stereocenters. The summed E-state index contributed by atoms with van der Waals surface area (Å²) in [5, 5.41) is 0.684. The second-order valence-electron chi connectivity index (χ2n) is 4.87. The first-order chi connectivity index (χ1) is 11.4. The van der Waals surface area contributed by atoms with Crippen molar-refractivity contribution < 1.29 is 17.5 Å². The summed E-state index contributed by atoms with van der Waals surface area (Å²) >= 11 is 7.41. The quantitative estimate of drug-likeness (QED) is 0.699. The molecule has 0 spiro atoms. The van der Waals surface area contributed by atoms with Crippen molar-refractivity contribution in [3.05, 3.63) is 58.9 Å². The number of methoxy groups -OCH3 is 1. The van der Waals surface area contributed by atoms with Crippen molar-refractivity contribution in [2.24, 2.45) is 0 Å². The Kier molecular flexibility index (Phi) is 6.91. The van der Waals surface area contributed by atoms with E-state index in [1.54, 1.807) is 11.8 Å². The molecule has 2 rings (SSSR count). The second kappa shape index (κ2) is 8.71. The topological polar surface area (TPSA) is 55.4 Å². The van der Waals surface area contributed by atoms with Gasteiger partial charge in [0.25, 0.3) is 0 Å². The predicted octanol–water partition coefficient (Wildman–Crippen LogP) is 3.70. The Morgan fingerprint density at radius 3 is 2.54 bits per heavy atom. The van der Waals surface area contributed by atoms with Gasteiger partial charge in [-0.3, -0.25) is 0 Å². The van der Waals surface area contributed by atoms with Crippen molar-refractivity contribution in [1.29, 1.82) is 0 Å². The summed E-state index contributed by atoms with van der Waals surface area (Å²) in [6, 6.07) is 11.0. The number of thioether (sulfide) groups is 1. The molecule has 24 heavy (non-hydrogen) atoms. The van der Waals surface area contributed by atoms with E-state index in [9.17, 15) is 12.8 Å². The Morgan fingerprint density at radius 1 is 1.21 bits per heavy atom. The van der Waals surface area contributed by atoms with Crippen LogP contribution in [0, 0.1) is 5.82 Å². The van der Waals surface area contributed by atoms with Gasteiger partial charge >= 0.3 is 0 Å². The lowest BCUT2D eigenvalue weighted by atomic mass is 10.2. The molecule has 1 N–H and O–H groups in total. The van der Waals surface area contributed by atoms with Crippen LogP contribution in [0.15, 0.2) is 47.4 Å². The second-order valence-corrected chi connectivity index (χ2v) is 8.18. The molecule has 0 unspecified atom stereocenters. The lowest BCUT2D eigenvalue weighted by Crippen LogP contribution is -2.26. The number of rotatable bonds is 8. The van der Waals surface area contributed by atoms with Crippen molar-refractivity contribution in [3.63, 3.8) is 0 Å². The average Bonchev–Trinajstić information content (AvgIpc) is 2.56. The van der Waals surface area contributed by atoms with Crippen molar-refractivity contribution >= 4 is 33.4 Å². The first-order valence-electron chi connectivity index (χ1n) is 7.08. The molecular formula is C16H17ClFNO3S2. The summed E-state index contributed by atoms with van der Waals surface area (Å²) in [4.78, 5) is -0.122. The maximum atomic E-state index is 13.6. The number of hydrogen-bond donors (Lipinski definition) is 1. The molecule has 130 valence electrons. The minimum Gasteiger partial charge on any atom is -0.494 e. The Morgan fingerprint density at radius 2 is 1.92 bits per heavy atom. The number of ether oxygens (including phenoxy) is 1. The Bertz CT molecular complexity index is 782. The third kappa shape index (κ3) is 5.37. The highest BCUT2D eigenvalue weighted by molar-refractivity contribution is 7.98. The van der Waals surface area contributed by atoms with Gasteiger partial charge in [0.05, 0.1) is 12.0 Å². The SMILES string of the molecule is COc1ccc(S(=O)(=O)NCCSCc2ccc(Cl)cc2)cc1F. The molecule has 0 bridgehead atoms. The van der Waals surface area contributed by atoms with Crippen LogP contribution >= 0.6 is 23.4 Å². The monoisotopic (exact) mass is 389 g/mol. The maximum absolute atomic E-state index is 13.6. The zero-order valence-corrected chi connectivity index (χ0v) is 15.3. The first-order valence-corrected chi connectivity index (χ1v) is 10.1. The highest BCUT2D eigenvalue weighted by Crippen LogP contribution is 2.20. The van der Waals surface area contributed by atoms with Crippen molar-refractivity contribution in [2.45, 2.75) is 10.6 Å². The molecule has 0 radical (unpaired) electrons. The Hall–Kier alpha value is -1.28. The van der Waals surface area contributed by atoms with E-state index in [-0.39, 0.29) is 17.2 Å². The van der Waals surface area contributed by atoms with Gasteiger partial charge in [0.2, 0.25) is 10.0 Å². The molecule has 4 nitrogen and oxygen atoms in total. The Labute approximate surface area is 150 Å². The van der Waals surface area contributed by atoms with Gasteiger partial charge in [-0.25, -0.2) is 17.5 Å². The molecule has 0 aliphatic carbocycles. The van der Waals surface area contributed by atoms with Crippen LogP contribution in [0.3, 0.4) is 0 Å². The van der Waals surface area contributed by atoms with E-state index in [1.807, 2.05) is 24.3 Å². The average molecular weight is 390 g/mol. The smallest absolute Gasteiger partial charge is 0.240 e. The van der Waals surface area contributed by atoms with Gasteiger partial charge in [-0.2, -0.15) is 11.8 Å². The minimum atomic E-state index is -3.73. The van der Waals surface area contributed by atoms with E-state index in [4.69, 9.17) is 16.3 Å². The van der Waals surface area contributed by atoms with Gasteiger partial charge in [-0.1, -0.05) is 23.7 Å². The van der Waals surface area contributed by atoms with Gasteiger partial charge < -0.3 is 4.74 Å². The van der Waals surface area contributed by atoms with Crippen molar-refractivity contribution in [2.75, 3.05) is 19.4 Å². The summed E-state index contributed by atoms with van der Waals surface area (Å²) in [7, 11) is -2.41. The number of hydrogen-bond acceptors (Lipinski definition) is 4. The molecule has 0 aliphatic rings. The van der Waals surface area contributed by atoms with Crippen LogP contribution in [0.5, 0.6) is 5.75 Å². The molecule has 2 aromatic rings. The van der Waals surface area contributed by atoms with Crippen LogP contribution in [0.1, 0.15) is 5.56 Å². The molecule has 0 fully saturated rings. The van der Waals surface area contributed by atoms with Gasteiger partial charge in [0, 0.05) is 23.1 Å². The summed E-state index contributed by atoms with van der Waals surface area (Å²) in [5.41, 5.74) is 1.12. The zero-order valence-electron chi connectivity index (χ0n) is 13.0. The minimum absolute atomic E-state index is 0.00692. The molecule has 8 heteroatoms. The van der Waals surface area contributed by atoms with E-state index >= 15 is 0 Å². The number of benzene rings is 2. The lowest BCUT2D eigenvalue weighted by molar-refractivity contribution is 0.385. The molecule has 0 saturated heterocycles. The van der Waals surface area contributed by atoms with E-state index in [0.29, 0.717) is 10.8 Å².